The lowest BCUT2D eigenvalue weighted by molar-refractivity contribution is -0.120. The van der Waals surface area contributed by atoms with E-state index in [0.717, 1.165) is 22.5 Å². The van der Waals surface area contributed by atoms with Gasteiger partial charge in [0, 0.05) is 11.6 Å². The number of aromatic nitrogens is 1. The molecule has 3 aromatic rings. The van der Waals surface area contributed by atoms with Crippen LogP contribution in [0.3, 0.4) is 0 Å². The van der Waals surface area contributed by atoms with Crippen LogP contribution in [-0.4, -0.2) is 16.8 Å². The Kier molecular flexibility index (Phi) is 5.30. The van der Waals surface area contributed by atoms with Crippen molar-refractivity contribution in [1.29, 1.82) is 0 Å². The molecule has 0 spiro atoms. The maximum Gasteiger partial charge on any atom is 0.278 e. The predicted molar refractivity (Wildman–Crippen MR) is 99.4 cm³/mol. The van der Waals surface area contributed by atoms with E-state index in [1.807, 2.05) is 30.5 Å². The minimum absolute atomic E-state index is 0.227. The second-order valence-corrected chi connectivity index (χ2v) is 6.00. The van der Waals surface area contributed by atoms with Crippen molar-refractivity contribution in [3.8, 4) is 0 Å². The SMILES string of the molecule is O=C1C(Cl)=C(Cl)C(=O)N1c1ccc(F)cc1.c1ccc2ncccc2c1. The number of hydrogen-bond acceptors (Lipinski definition) is 3. The van der Waals surface area contributed by atoms with E-state index in [9.17, 15) is 14.0 Å². The molecule has 0 fully saturated rings. The van der Waals surface area contributed by atoms with Crippen LogP contribution in [0.25, 0.3) is 10.9 Å². The minimum Gasteiger partial charge on any atom is -0.267 e. The molecule has 1 aliphatic heterocycles. The van der Waals surface area contributed by atoms with Gasteiger partial charge in [-0.05, 0) is 36.4 Å². The summed E-state index contributed by atoms with van der Waals surface area (Å²) >= 11 is 11.1. The molecule has 0 bridgehead atoms. The van der Waals surface area contributed by atoms with Crippen molar-refractivity contribution in [2.75, 3.05) is 4.90 Å². The Morgan fingerprint density at radius 2 is 1.38 bits per heavy atom. The Labute approximate surface area is 158 Å². The van der Waals surface area contributed by atoms with Crippen LogP contribution in [0.15, 0.2) is 76.9 Å². The monoisotopic (exact) mass is 388 g/mol. The first kappa shape index (κ1) is 18.0. The lowest BCUT2D eigenvalue weighted by atomic mass is 10.2. The highest BCUT2D eigenvalue weighted by Gasteiger charge is 2.37. The van der Waals surface area contributed by atoms with E-state index in [1.165, 1.54) is 17.5 Å². The van der Waals surface area contributed by atoms with E-state index in [2.05, 4.69) is 17.1 Å². The molecule has 2 amide bonds. The van der Waals surface area contributed by atoms with Gasteiger partial charge in [0.15, 0.2) is 0 Å². The van der Waals surface area contributed by atoms with Crippen LogP contribution in [0, 0.1) is 5.82 Å². The third-order valence-corrected chi connectivity index (χ3v) is 4.37. The maximum absolute atomic E-state index is 12.7. The van der Waals surface area contributed by atoms with E-state index in [0.29, 0.717) is 0 Å². The number of para-hydroxylation sites is 1. The van der Waals surface area contributed by atoms with Crippen molar-refractivity contribution in [1.82, 2.24) is 4.98 Å². The molecule has 0 saturated carbocycles. The van der Waals surface area contributed by atoms with Crippen LogP contribution >= 0.6 is 23.2 Å². The van der Waals surface area contributed by atoms with Crippen molar-refractivity contribution in [2.24, 2.45) is 0 Å². The van der Waals surface area contributed by atoms with Gasteiger partial charge in [0.1, 0.15) is 15.9 Å². The van der Waals surface area contributed by atoms with E-state index >= 15 is 0 Å². The molecule has 2 heterocycles. The lowest BCUT2D eigenvalue weighted by Gasteiger charge is -2.13. The van der Waals surface area contributed by atoms with Crippen molar-refractivity contribution < 1.29 is 14.0 Å². The number of rotatable bonds is 1. The molecule has 0 N–H and O–H groups in total. The smallest absolute Gasteiger partial charge is 0.267 e. The first-order valence-corrected chi connectivity index (χ1v) is 8.24. The summed E-state index contributed by atoms with van der Waals surface area (Å²) in [5.41, 5.74) is 1.29. The quantitative estimate of drug-likeness (QED) is 0.571. The first-order valence-electron chi connectivity index (χ1n) is 7.48. The van der Waals surface area contributed by atoms with Crippen LogP contribution in [-0.2, 0) is 9.59 Å². The standard InChI is InChI=1S/C10H4Cl2FNO2.C9H7N/c11-7-8(12)10(16)14(9(7)15)6-3-1-5(13)2-4-6;1-2-6-9-8(4-1)5-3-7-10-9/h1-4H;1-7H. The number of nitrogens with zero attached hydrogens (tertiary/aromatic N) is 2. The van der Waals surface area contributed by atoms with Gasteiger partial charge in [0.25, 0.3) is 11.8 Å². The van der Waals surface area contributed by atoms with Crippen molar-refractivity contribution in [3.63, 3.8) is 0 Å². The van der Waals surface area contributed by atoms with E-state index in [-0.39, 0.29) is 15.8 Å². The molecule has 130 valence electrons. The molecule has 0 atom stereocenters. The molecule has 0 unspecified atom stereocenters. The van der Waals surface area contributed by atoms with Gasteiger partial charge in [-0.15, -0.1) is 0 Å². The fourth-order valence-corrected chi connectivity index (χ4v) is 2.65. The average Bonchev–Trinajstić information content (AvgIpc) is 2.86. The number of benzene rings is 2. The van der Waals surface area contributed by atoms with Crippen LogP contribution in [0.4, 0.5) is 10.1 Å². The summed E-state index contributed by atoms with van der Waals surface area (Å²) in [7, 11) is 0. The summed E-state index contributed by atoms with van der Waals surface area (Å²) in [6.07, 6.45) is 1.81. The second kappa shape index (κ2) is 7.64. The van der Waals surface area contributed by atoms with Crippen molar-refractivity contribution in [2.45, 2.75) is 0 Å². The summed E-state index contributed by atoms with van der Waals surface area (Å²) < 4.78 is 12.7. The number of imide groups is 1. The zero-order chi connectivity index (χ0) is 18.7. The molecule has 26 heavy (non-hydrogen) atoms. The Balaban J connectivity index is 0.000000167. The van der Waals surface area contributed by atoms with Gasteiger partial charge in [-0.2, -0.15) is 0 Å². The largest absolute Gasteiger partial charge is 0.278 e. The van der Waals surface area contributed by atoms with Crippen LogP contribution < -0.4 is 4.90 Å². The second-order valence-electron chi connectivity index (χ2n) is 5.25. The highest BCUT2D eigenvalue weighted by molar-refractivity contribution is 6.62. The number of anilines is 1. The van der Waals surface area contributed by atoms with E-state index in [4.69, 9.17) is 23.2 Å². The first-order chi connectivity index (χ1) is 12.5. The minimum atomic E-state index is -0.705. The maximum atomic E-state index is 12.7. The Morgan fingerprint density at radius 1 is 0.808 bits per heavy atom. The van der Waals surface area contributed by atoms with E-state index in [1.54, 1.807) is 0 Å². The molecule has 0 aliphatic carbocycles. The fourth-order valence-electron chi connectivity index (χ4n) is 2.32. The molecule has 0 radical (unpaired) electrons. The molecule has 4 nitrogen and oxygen atoms in total. The summed E-state index contributed by atoms with van der Waals surface area (Å²) in [6, 6.07) is 16.9. The van der Waals surface area contributed by atoms with Crippen LogP contribution in [0.2, 0.25) is 0 Å². The number of fused-ring (bicyclic) bond motifs is 1. The molecular weight excluding hydrogens is 378 g/mol. The molecule has 0 saturated heterocycles. The van der Waals surface area contributed by atoms with Crippen molar-refractivity contribution in [3.05, 3.63) is 82.7 Å². The lowest BCUT2D eigenvalue weighted by Crippen LogP contribution is -2.30. The predicted octanol–water partition coefficient (Wildman–Crippen LogP) is 4.62. The third-order valence-electron chi connectivity index (χ3n) is 3.57. The number of pyridine rings is 1. The molecule has 4 rings (SSSR count). The van der Waals surface area contributed by atoms with Crippen LogP contribution in [0.5, 0.6) is 0 Å². The van der Waals surface area contributed by atoms with Gasteiger partial charge in [-0.3, -0.25) is 14.6 Å². The molecular formula is C19H11Cl2FN2O2. The number of amides is 2. The normalized spacial score (nSPS) is 13.9. The zero-order valence-corrected chi connectivity index (χ0v) is 14.7. The number of hydrogen-bond donors (Lipinski definition) is 0. The Morgan fingerprint density at radius 3 is 2.00 bits per heavy atom. The number of carbonyl (C=O) groups excluding carboxylic acids is 2. The number of halogens is 3. The number of carbonyl (C=O) groups is 2. The highest BCUT2D eigenvalue weighted by atomic mass is 35.5. The van der Waals surface area contributed by atoms with Crippen LogP contribution in [0.1, 0.15) is 0 Å². The molecule has 7 heteroatoms. The van der Waals surface area contributed by atoms with Gasteiger partial charge >= 0.3 is 0 Å². The van der Waals surface area contributed by atoms with Crippen molar-refractivity contribution >= 4 is 51.6 Å². The van der Waals surface area contributed by atoms with Gasteiger partial charge in [0.05, 0.1) is 11.2 Å². The summed E-state index contributed by atoms with van der Waals surface area (Å²) in [5, 5.41) is 0.553. The Hall–Kier alpha value is -2.76. The average molecular weight is 389 g/mol. The molecule has 1 aromatic heterocycles. The summed E-state index contributed by atoms with van der Waals surface area (Å²) in [4.78, 5) is 28.1. The van der Waals surface area contributed by atoms with E-state index < -0.39 is 17.6 Å². The summed E-state index contributed by atoms with van der Waals surface area (Å²) in [6.45, 7) is 0. The Bertz CT molecular complexity index is 930. The van der Waals surface area contributed by atoms with Gasteiger partial charge < -0.3 is 0 Å². The topological polar surface area (TPSA) is 50.3 Å². The van der Waals surface area contributed by atoms with Gasteiger partial charge in [-0.25, -0.2) is 9.29 Å². The zero-order valence-electron chi connectivity index (χ0n) is 13.2. The van der Waals surface area contributed by atoms with Gasteiger partial charge in [0.2, 0.25) is 0 Å². The third kappa shape index (κ3) is 3.59. The summed E-state index contributed by atoms with van der Waals surface area (Å²) in [5.74, 6) is -1.88. The molecule has 2 aromatic carbocycles. The fraction of sp³-hybridized carbons (Fsp3) is 0. The van der Waals surface area contributed by atoms with Gasteiger partial charge in [-0.1, -0.05) is 47.5 Å². The molecule has 1 aliphatic rings. The highest BCUT2D eigenvalue weighted by Crippen LogP contribution is 2.30.